The second kappa shape index (κ2) is 6.25. The molecular weight excluding hydrogens is 250 g/mol. The third-order valence-electron chi connectivity index (χ3n) is 4.13. The van der Waals surface area contributed by atoms with Crippen LogP contribution in [0, 0.1) is 0 Å². The molecule has 1 amide bonds. The fourth-order valence-corrected chi connectivity index (χ4v) is 2.76. The minimum atomic E-state index is 0.109. The van der Waals surface area contributed by atoms with Crippen molar-refractivity contribution in [3.63, 3.8) is 0 Å². The van der Waals surface area contributed by atoms with Gasteiger partial charge in [-0.1, -0.05) is 26.7 Å². The minimum Gasteiger partial charge on any atom is -0.373 e. The van der Waals surface area contributed by atoms with Crippen molar-refractivity contribution >= 4 is 11.7 Å². The van der Waals surface area contributed by atoms with E-state index in [4.69, 9.17) is 0 Å². The summed E-state index contributed by atoms with van der Waals surface area (Å²) in [6.45, 7) is 4.19. The van der Waals surface area contributed by atoms with E-state index in [0.29, 0.717) is 12.0 Å². The lowest BCUT2D eigenvalue weighted by molar-refractivity contribution is 0.0735. The smallest absolute Gasteiger partial charge is 0.254 e. The van der Waals surface area contributed by atoms with Crippen LogP contribution in [0.4, 0.5) is 5.82 Å². The third kappa shape index (κ3) is 3.11. The molecule has 1 aromatic rings. The highest BCUT2D eigenvalue weighted by Gasteiger charge is 2.25. The van der Waals surface area contributed by atoms with E-state index in [1.165, 1.54) is 12.8 Å². The lowest BCUT2D eigenvalue weighted by Crippen LogP contribution is -2.35. The normalized spacial score (nSPS) is 15.7. The molecule has 0 atom stereocenters. The molecule has 110 valence electrons. The molecule has 1 aliphatic carbocycles. The van der Waals surface area contributed by atoms with Crippen molar-refractivity contribution < 1.29 is 4.79 Å². The molecule has 0 saturated heterocycles. The van der Waals surface area contributed by atoms with Crippen LogP contribution in [0.1, 0.15) is 61.5 Å². The predicted molar refractivity (Wildman–Crippen MR) is 82.2 cm³/mol. The van der Waals surface area contributed by atoms with Crippen LogP contribution in [0.15, 0.2) is 12.1 Å². The maximum atomic E-state index is 12.6. The highest BCUT2D eigenvalue weighted by atomic mass is 16.2. The molecule has 1 fully saturated rings. The van der Waals surface area contributed by atoms with Gasteiger partial charge in [0.25, 0.3) is 5.91 Å². The van der Waals surface area contributed by atoms with Gasteiger partial charge in [-0.2, -0.15) is 0 Å². The highest BCUT2D eigenvalue weighted by Crippen LogP contribution is 2.25. The molecule has 4 heteroatoms. The van der Waals surface area contributed by atoms with Crippen molar-refractivity contribution in [2.24, 2.45) is 0 Å². The summed E-state index contributed by atoms with van der Waals surface area (Å²) in [7, 11) is 3.76. The summed E-state index contributed by atoms with van der Waals surface area (Å²) in [5.41, 5.74) is 1.70. The van der Waals surface area contributed by atoms with E-state index >= 15 is 0 Å². The SMILES string of the molecule is CNc1cc(C(=O)N(C)C2CCCC2)cc(C(C)C)n1. The fraction of sp³-hybridized carbons (Fsp3) is 0.625. The van der Waals surface area contributed by atoms with E-state index in [9.17, 15) is 4.79 Å². The van der Waals surface area contributed by atoms with Gasteiger partial charge in [-0.15, -0.1) is 0 Å². The predicted octanol–water partition coefficient (Wildman–Crippen LogP) is 3.26. The summed E-state index contributed by atoms with van der Waals surface area (Å²) >= 11 is 0. The van der Waals surface area contributed by atoms with E-state index < -0.39 is 0 Å². The fourth-order valence-electron chi connectivity index (χ4n) is 2.76. The number of carbonyl (C=O) groups is 1. The zero-order chi connectivity index (χ0) is 14.7. The van der Waals surface area contributed by atoms with Gasteiger partial charge in [-0.3, -0.25) is 4.79 Å². The lowest BCUT2D eigenvalue weighted by Gasteiger charge is -2.25. The lowest BCUT2D eigenvalue weighted by atomic mass is 10.1. The molecule has 0 aliphatic heterocycles. The number of rotatable bonds is 4. The molecule has 20 heavy (non-hydrogen) atoms. The molecule has 4 nitrogen and oxygen atoms in total. The zero-order valence-electron chi connectivity index (χ0n) is 12.9. The Bertz CT molecular complexity index is 479. The Morgan fingerprint density at radius 1 is 1.35 bits per heavy atom. The summed E-state index contributed by atoms with van der Waals surface area (Å²) < 4.78 is 0. The Hall–Kier alpha value is -1.58. The summed E-state index contributed by atoms with van der Waals surface area (Å²) in [6, 6.07) is 4.18. The van der Waals surface area contributed by atoms with Gasteiger partial charge >= 0.3 is 0 Å². The molecule has 1 aliphatic rings. The zero-order valence-corrected chi connectivity index (χ0v) is 12.9. The van der Waals surface area contributed by atoms with E-state index in [1.54, 1.807) is 0 Å². The van der Waals surface area contributed by atoms with Crippen LogP contribution >= 0.6 is 0 Å². The molecule has 1 aromatic heterocycles. The summed E-state index contributed by atoms with van der Waals surface area (Å²) in [5.74, 6) is 1.18. The number of pyridine rings is 1. The number of hydrogen-bond donors (Lipinski definition) is 1. The monoisotopic (exact) mass is 275 g/mol. The van der Waals surface area contributed by atoms with Crippen LogP contribution in [0.25, 0.3) is 0 Å². The van der Waals surface area contributed by atoms with E-state index in [2.05, 4.69) is 24.1 Å². The quantitative estimate of drug-likeness (QED) is 0.917. The number of carbonyl (C=O) groups excluding carboxylic acids is 1. The van der Waals surface area contributed by atoms with Crippen molar-refractivity contribution in [1.29, 1.82) is 0 Å². The van der Waals surface area contributed by atoms with Gasteiger partial charge in [0.2, 0.25) is 0 Å². The first-order chi connectivity index (χ1) is 9.52. The third-order valence-corrected chi connectivity index (χ3v) is 4.13. The second-order valence-corrected chi connectivity index (χ2v) is 5.92. The van der Waals surface area contributed by atoms with E-state index in [0.717, 1.165) is 29.9 Å². The molecule has 0 radical (unpaired) electrons. The van der Waals surface area contributed by atoms with Crippen molar-refractivity contribution in [3.8, 4) is 0 Å². The number of nitrogens with zero attached hydrogens (tertiary/aromatic N) is 2. The number of nitrogens with one attached hydrogen (secondary N) is 1. The standard InChI is InChI=1S/C16H25N3O/c1-11(2)14-9-12(10-15(17-3)18-14)16(20)19(4)13-7-5-6-8-13/h9-11,13H,5-8H2,1-4H3,(H,17,18). The summed E-state index contributed by atoms with van der Waals surface area (Å²) in [5, 5.41) is 3.04. The Morgan fingerprint density at radius 3 is 2.55 bits per heavy atom. The number of aromatic nitrogens is 1. The van der Waals surface area contributed by atoms with Gasteiger partial charge in [0, 0.05) is 31.4 Å². The second-order valence-electron chi connectivity index (χ2n) is 5.92. The Labute approximate surface area is 121 Å². The Kier molecular flexibility index (Phi) is 4.63. The molecule has 0 spiro atoms. The Balaban J connectivity index is 2.26. The van der Waals surface area contributed by atoms with Crippen LogP contribution < -0.4 is 5.32 Å². The molecule has 2 rings (SSSR count). The van der Waals surface area contributed by atoms with Gasteiger partial charge in [0.05, 0.1) is 0 Å². The van der Waals surface area contributed by atoms with Crippen molar-refractivity contribution in [2.75, 3.05) is 19.4 Å². The summed E-state index contributed by atoms with van der Waals surface area (Å²) in [6.07, 6.45) is 4.72. The minimum absolute atomic E-state index is 0.109. The number of amides is 1. The molecule has 0 aromatic carbocycles. The maximum Gasteiger partial charge on any atom is 0.254 e. The molecule has 0 bridgehead atoms. The summed E-state index contributed by atoms with van der Waals surface area (Å²) in [4.78, 5) is 19.1. The first-order valence-electron chi connectivity index (χ1n) is 7.49. The van der Waals surface area contributed by atoms with Crippen LogP contribution in [0.3, 0.4) is 0 Å². The van der Waals surface area contributed by atoms with E-state index in [1.807, 2.05) is 31.1 Å². The van der Waals surface area contributed by atoms with Crippen molar-refractivity contribution in [1.82, 2.24) is 9.88 Å². The van der Waals surface area contributed by atoms with Crippen molar-refractivity contribution in [3.05, 3.63) is 23.4 Å². The van der Waals surface area contributed by atoms with Crippen molar-refractivity contribution in [2.45, 2.75) is 51.5 Å². The number of anilines is 1. The van der Waals surface area contributed by atoms with Gasteiger partial charge in [0.1, 0.15) is 5.82 Å². The van der Waals surface area contributed by atoms with Gasteiger partial charge in [-0.25, -0.2) is 4.98 Å². The average molecular weight is 275 g/mol. The van der Waals surface area contributed by atoms with Crippen LogP contribution in [0.2, 0.25) is 0 Å². The largest absolute Gasteiger partial charge is 0.373 e. The molecular formula is C16H25N3O. The highest BCUT2D eigenvalue weighted by molar-refractivity contribution is 5.95. The van der Waals surface area contributed by atoms with Crippen LogP contribution in [-0.4, -0.2) is 35.9 Å². The van der Waals surface area contributed by atoms with Crippen LogP contribution in [-0.2, 0) is 0 Å². The maximum absolute atomic E-state index is 12.6. The van der Waals surface area contributed by atoms with Gasteiger partial charge in [0.15, 0.2) is 0 Å². The van der Waals surface area contributed by atoms with E-state index in [-0.39, 0.29) is 5.91 Å². The van der Waals surface area contributed by atoms with Gasteiger partial charge in [-0.05, 0) is 30.9 Å². The topological polar surface area (TPSA) is 45.2 Å². The average Bonchev–Trinajstić information content (AvgIpc) is 2.99. The first kappa shape index (κ1) is 14.8. The molecule has 1 heterocycles. The molecule has 1 saturated carbocycles. The van der Waals surface area contributed by atoms with Crippen LogP contribution in [0.5, 0.6) is 0 Å². The Morgan fingerprint density at radius 2 is 2.00 bits per heavy atom. The number of hydrogen-bond acceptors (Lipinski definition) is 3. The first-order valence-corrected chi connectivity index (χ1v) is 7.49. The van der Waals surface area contributed by atoms with Gasteiger partial charge < -0.3 is 10.2 Å². The molecule has 1 N–H and O–H groups in total. The molecule has 0 unspecified atom stereocenters.